The van der Waals surface area contributed by atoms with Crippen molar-refractivity contribution in [1.29, 1.82) is 0 Å². The molecule has 0 amide bonds. The maximum atomic E-state index is 11.3. The first-order valence-corrected chi connectivity index (χ1v) is 6.63. The van der Waals surface area contributed by atoms with Gasteiger partial charge in [-0.2, -0.15) is 0 Å². The molecule has 0 bridgehead atoms. The molecule has 0 atom stereocenters. The van der Waals surface area contributed by atoms with Crippen LogP contribution in [0.15, 0.2) is 12.1 Å². The van der Waals surface area contributed by atoms with Gasteiger partial charge in [-0.25, -0.2) is 4.79 Å². The highest BCUT2D eigenvalue weighted by atomic mass is 16.6. The average Bonchev–Trinajstić information content (AvgIpc) is 2.38. The first-order chi connectivity index (χ1) is 9.17. The van der Waals surface area contributed by atoms with Crippen molar-refractivity contribution in [3.8, 4) is 5.75 Å². The highest BCUT2D eigenvalue weighted by molar-refractivity contribution is 5.71. The van der Waals surface area contributed by atoms with Gasteiger partial charge in [0.2, 0.25) is 0 Å². The zero-order valence-corrected chi connectivity index (χ0v) is 11.9. The Morgan fingerprint density at radius 2 is 2.16 bits per heavy atom. The summed E-state index contributed by atoms with van der Waals surface area (Å²) in [6.07, 6.45) is 1.06. The van der Waals surface area contributed by atoms with Gasteiger partial charge in [0.25, 0.3) is 0 Å². The molecule has 0 fully saturated rings. The molecule has 0 aliphatic heterocycles. The van der Waals surface area contributed by atoms with Crippen LogP contribution >= 0.6 is 0 Å². The number of esters is 1. The minimum atomic E-state index is -0.365. The van der Waals surface area contributed by atoms with Crippen molar-refractivity contribution in [1.82, 2.24) is 10.3 Å². The minimum absolute atomic E-state index is 0.0840. The van der Waals surface area contributed by atoms with Gasteiger partial charge in [0.1, 0.15) is 5.75 Å². The van der Waals surface area contributed by atoms with Crippen molar-refractivity contribution in [2.45, 2.75) is 33.7 Å². The molecule has 1 aromatic heterocycles. The number of aryl methyl sites for hydroxylation is 1. The molecule has 0 aromatic carbocycles. The van der Waals surface area contributed by atoms with Crippen molar-refractivity contribution in [2.24, 2.45) is 0 Å². The van der Waals surface area contributed by atoms with Crippen LogP contribution in [0.1, 0.15) is 31.7 Å². The molecule has 5 heteroatoms. The molecule has 0 unspecified atom stereocenters. The third kappa shape index (κ3) is 5.70. The van der Waals surface area contributed by atoms with Gasteiger partial charge < -0.3 is 14.8 Å². The lowest BCUT2D eigenvalue weighted by Crippen LogP contribution is -2.18. The number of nitrogens with one attached hydrogen (secondary N) is 1. The molecular formula is C14H22N2O3. The van der Waals surface area contributed by atoms with Crippen LogP contribution in [-0.2, 0) is 16.1 Å². The first kappa shape index (κ1) is 15.4. The zero-order chi connectivity index (χ0) is 14.1. The van der Waals surface area contributed by atoms with Gasteiger partial charge in [0, 0.05) is 12.2 Å². The van der Waals surface area contributed by atoms with Gasteiger partial charge in [-0.15, -0.1) is 0 Å². The number of hydrogen-bond acceptors (Lipinski definition) is 5. The second kappa shape index (κ2) is 8.48. The number of hydrogen-bond donors (Lipinski definition) is 1. The van der Waals surface area contributed by atoms with Crippen LogP contribution < -0.4 is 10.1 Å². The van der Waals surface area contributed by atoms with E-state index in [1.807, 2.05) is 19.1 Å². The van der Waals surface area contributed by atoms with Crippen LogP contribution in [0.5, 0.6) is 5.75 Å². The van der Waals surface area contributed by atoms with Crippen molar-refractivity contribution < 1.29 is 14.3 Å². The Hall–Kier alpha value is -1.62. The normalized spacial score (nSPS) is 10.3. The average molecular weight is 266 g/mol. The van der Waals surface area contributed by atoms with Crippen LogP contribution in [0.3, 0.4) is 0 Å². The van der Waals surface area contributed by atoms with Crippen LogP contribution in [-0.4, -0.2) is 30.7 Å². The van der Waals surface area contributed by atoms with Gasteiger partial charge in [0.15, 0.2) is 6.61 Å². The molecule has 1 rings (SSSR count). The molecule has 0 aliphatic carbocycles. The van der Waals surface area contributed by atoms with Gasteiger partial charge in [0.05, 0.1) is 12.3 Å². The molecule has 1 aromatic rings. The number of carbonyl (C=O) groups excluding carboxylic acids is 1. The predicted molar refractivity (Wildman–Crippen MR) is 73.1 cm³/mol. The molecular weight excluding hydrogens is 244 g/mol. The predicted octanol–water partition coefficient (Wildman–Crippen LogP) is 1.83. The number of pyridine rings is 1. The van der Waals surface area contributed by atoms with Crippen molar-refractivity contribution in [2.75, 3.05) is 19.8 Å². The molecule has 106 valence electrons. The smallest absolute Gasteiger partial charge is 0.344 e. The molecule has 0 saturated carbocycles. The number of aromatic nitrogens is 1. The van der Waals surface area contributed by atoms with E-state index in [1.54, 1.807) is 6.92 Å². The number of carbonyl (C=O) groups is 1. The monoisotopic (exact) mass is 266 g/mol. The first-order valence-electron chi connectivity index (χ1n) is 6.63. The standard InChI is InChI=1S/C14H22N2O3/c1-4-8-15-9-12-13(7-6-11(3)16-12)19-10-14(17)18-5-2/h6-7,15H,4-5,8-10H2,1-3H3. The van der Waals surface area contributed by atoms with E-state index >= 15 is 0 Å². The topological polar surface area (TPSA) is 60.5 Å². The van der Waals surface area contributed by atoms with E-state index in [-0.39, 0.29) is 12.6 Å². The van der Waals surface area contributed by atoms with E-state index in [0.717, 1.165) is 24.4 Å². The fraction of sp³-hybridized carbons (Fsp3) is 0.571. The lowest BCUT2D eigenvalue weighted by molar-refractivity contribution is -0.145. The third-order valence-corrected chi connectivity index (χ3v) is 2.44. The van der Waals surface area contributed by atoms with E-state index in [0.29, 0.717) is 18.9 Å². The Balaban J connectivity index is 2.62. The van der Waals surface area contributed by atoms with Crippen LogP contribution in [0.4, 0.5) is 0 Å². The zero-order valence-electron chi connectivity index (χ0n) is 11.9. The molecule has 0 spiro atoms. The van der Waals surface area contributed by atoms with E-state index in [4.69, 9.17) is 9.47 Å². The minimum Gasteiger partial charge on any atom is -0.480 e. The van der Waals surface area contributed by atoms with Crippen molar-refractivity contribution in [3.63, 3.8) is 0 Å². The number of rotatable bonds is 8. The van der Waals surface area contributed by atoms with Crippen molar-refractivity contribution >= 4 is 5.97 Å². The van der Waals surface area contributed by atoms with Crippen molar-refractivity contribution in [3.05, 3.63) is 23.5 Å². The summed E-state index contributed by atoms with van der Waals surface area (Å²) in [7, 11) is 0. The Bertz CT molecular complexity index is 408. The Kier molecular flexibility index (Phi) is 6.89. The SMILES string of the molecule is CCCNCc1nc(C)ccc1OCC(=O)OCC. The fourth-order valence-corrected chi connectivity index (χ4v) is 1.58. The third-order valence-electron chi connectivity index (χ3n) is 2.44. The molecule has 1 heterocycles. The summed E-state index contributed by atoms with van der Waals surface area (Å²) >= 11 is 0. The second-order valence-corrected chi connectivity index (χ2v) is 4.17. The highest BCUT2D eigenvalue weighted by Gasteiger charge is 2.08. The summed E-state index contributed by atoms with van der Waals surface area (Å²) in [5, 5.41) is 3.27. The largest absolute Gasteiger partial charge is 0.480 e. The van der Waals surface area contributed by atoms with Crippen LogP contribution in [0, 0.1) is 6.92 Å². The van der Waals surface area contributed by atoms with E-state index in [2.05, 4.69) is 17.2 Å². The van der Waals surface area contributed by atoms with Crippen LogP contribution in [0.25, 0.3) is 0 Å². The Labute approximate surface area is 114 Å². The number of ether oxygens (including phenoxy) is 2. The Morgan fingerprint density at radius 3 is 2.84 bits per heavy atom. The molecule has 0 saturated heterocycles. The summed E-state index contributed by atoms with van der Waals surface area (Å²) in [6, 6.07) is 3.70. The van der Waals surface area contributed by atoms with Gasteiger partial charge >= 0.3 is 5.97 Å². The summed E-state index contributed by atoms with van der Waals surface area (Å²) in [6.45, 7) is 7.64. The lowest BCUT2D eigenvalue weighted by Gasteiger charge is -2.11. The summed E-state index contributed by atoms with van der Waals surface area (Å²) in [4.78, 5) is 15.7. The maximum absolute atomic E-state index is 11.3. The molecule has 1 N–H and O–H groups in total. The molecule has 19 heavy (non-hydrogen) atoms. The maximum Gasteiger partial charge on any atom is 0.344 e. The molecule has 0 aliphatic rings. The quantitative estimate of drug-likeness (QED) is 0.574. The summed E-state index contributed by atoms with van der Waals surface area (Å²) in [5.41, 5.74) is 1.74. The fourth-order valence-electron chi connectivity index (χ4n) is 1.58. The highest BCUT2D eigenvalue weighted by Crippen LogP contribution is 2.16. The Morgan fingerprint density at radius 1 is 1.37 bits per heavy atom. The number of nitrogens with zero attached hydrogens (tertiary/aromatic N) is 1. The molecule has 0 radical (unpaired) electrons. The van der Waals surface area contributed by atoms with Gasteiger partial charge in [-0.3, -0.25) is 4.98 Å². The van der Waals surface area contributed by atoms with Gasteiger partial charge in [-0.1, -0.05) is 6.92 Å². The summed E-state index contributed by atoms with van der Waals surface area (Å²) < 4.78 is 10.3. The van der Waals surface area contributed by atoms with E-state index in [9.17, 15) is 4.79 Å². The lowest BCUT2D eigenvalue weighted by atomic mass is 10.2. The van der Waals surface area contributed by atoms with E-state index < -0.39 is 0 Å². The van der Waals surface area contributed by atoms with E-state index in [1.165, 1.54) is 0 Å². The van der Waals surface area contributed by atoms with Gasteiger partial charge in [-0.05, 0) is 38.9 Å². The second-order valence-electron chi connectivity index (χ2n) is 4.17. The summed E-state index contributed by atoms with van der Waals surface area (Å²) in [5.74, 6) is 0.262. The molecule has 5 nitrogen and oxygen atoms in total. The van der Waals surface area contributed by atoms with Crippen LogP contribution in [0.2, 0.25) is 0 Å².